The summed E-state index contributed by atoms with van der Waals surface area (Å²) in [4.78, 5) is 7.07. The lowest BCUT2D eigenvalue weighted by molar-refractivity contribution is -0.285. The molecule has 0 saturated carbocycles. The number of hydrogen-bond acceptors (Lipinski definition) is 4. The van der Waals surface area contributed by atoms with Crippen LogP contribution in [0.25, 0.3) is 22.6 Å². The molecule has 1 N–H and O–H groups in total. The standard InChI is InChI=1S/C13H8F8N6/c14-11(15,13(19,20)21)3-5-27-9-6(2-1-4-22-9)7(26-27)8-23-10(25-24-8)12(16,17)18/h1-2,4H,3,5H2,(H,23,24,25). The van der Waals surface area contributed by atoms with E-state index in [4.69, 9.17) is 0 Å². The van der Waals surface area contributed by atoms with Crippen LogP contribution in [-0.2, 0) is 12.7 Å². The third-order valence-corrected chi connectivity index (χ3v) is 3.53. The first-order valence-corrected chi connectivity index (χ1v) is 7.16. The summed E-state index contributed by atoms with van der Waals surface area (Å²) in [5, 5.41) is 8.93. The highest BCUT2D eigenvalue weighted by Crippen LogP contribution is 2.38. The van der Waals surface area contributed by atoms with Crippen LogP contribution in [0.3, 0.4) is 0 Å². The van der Waals surface area contributed by atoms with E-state index < -0.39 is 42.9 Å². The topological polar surface area (TPSA) is 72.3 Å². The number of hydrogen-bond donors (Lipinski definition) is 1. The SMILES string of the molecule is FC(F)(F)c1nc(-c2nn(CCC(F)(F)C(F)(F)F)c3ncccc23)n[nH]1. The van der Waals surface area contributed by atoms with Crippen molar-refractivity contribution in [3.8, 4) is 11.5 Å². The molecule has 0 saturated heterocycles. The van der Waals surface area contributed by atoms with Crippen LogP contribution in [0.4, 0.5) is 35.1 Å². The van der Waals surface area contributed by atoms with Crippen molar-refractivity contribution in [3.63, 3.8) is 0 Å². The second kappa shape index (κ2) is 6.13. The van der Waals surface area contributed by atoms with Crippen LogP contribution in [0.5, 0.6) is 0 Å². The van der Waals surface area contributed by atoms with Gasteiger partial charge in [-0.1, -0.05) is 0 Å². The Morgan fingerprint density at radius 3 is 2.33 bits per heavy atom. The summed E-state index contributed by atoms with van der Waals surface area (Å²) in [7, 11) is 0. The molecular weight excluding hydrogens is 392 g/mol. The van der Waals surface area contributed by atoms with E-state index in [1.54, 1.807) is 5.10 Å². The molecule has 0 fully saturated rings. The molecule has 3 aromatic rings. The summed E-state index contributed by atoms with van der Waals surface area (Å²) in [6.45, 7) is -0.878. The monoisotopic (exact) mass is 400 g/mol. The molecule has 146 valence electrons. The minimum atomic E-state index is -5.74. The first kappa shape index (κ1) is 19.0. The lowest BCUT2D eigenvalue weighted by atomic mass is 10.2. The van der Waals surface area contributed by atoms with Gasteiger partial charge in [0.15, 0.2) is 5.65 Å². The molecule has 0 aromatic carbocycles. The highest BCUT2D eigenvalue weighted by molar-refractivity contribution is 5.89. The molecule has 0 unspecified atom stereocenters. The average Bonchev–Trinajstić information content (AvgIpc) is 3.16. The van der Waals surface area contributed by atoms with Crippen molar-refractivity contribution in [3.05, 3.63) is 24.2 Å². The Balaban J connectivity index is 1.99. The molecule has 0 amide bonds. The van der Waals surface area contributed by atoms with Gasteiger partial charge in [0, 0.05) is 19.2 Å². The van der Waals surface area contributed by atoms with Gasteiger partial charge < -0.3 is 0 Å². The van der Waals surface area contributed by atoms with E-state index in [-0.39, 0.29) is 16.7 Å². The highest BCUT2D eigenvalue weighted by Gasteiger charge is 2.56. The van der Waals surface area contributed by atoms with Crippen molar-refractivity contribution in [1.29, 1.82) is 0 Å². The summed E-state index contributed by atoms with van der Waals surface area (Å²) in [5.41, 5.74) is -0.330. The maximum atomic E-state index is 13.1. The Hall–Kier alpha value is -2.80. The highest BCUT2D eigenvalue weighted by atomic mass is 19.4. The fourth-order valence-electron chi connectivity index (χ4n) is 2.21. The van der Waals surface area contributed by atoms with Crippen LogP contribution in [0.15, 0.2) is 18.3 Å². The average molecular weight is 400 g/mol. The number of aromatic nitrogens is 6. The van der Waals surface area contributed by atoms with Gasteiger partial charge in [-0.3, -0.25) is 5.10 Å². The third kappa shape index (κ3) is 3.55. The number of pyridine rings is 1. The summed E-state index contributed by atoms with van der Waals surface area (Å²) in [6.07, 6.45) is -10.9. The molecule has 3 rings (SSSR count). The minimum Gasteiger partial charge on any atom is -0.255 e. The molecule has 3 heterocycles. The lowest BCUT2D eigenvalue weighted by Crippen LogP contribution is -2.37. The largest absolute Gasteiger partial charge is 0.453 e. The molecule has 0 aliphatic carbocycles. The first-order chi connectivity index (χ1) is 12.4. The zero-order valence-electron chi connectivity index (χ0n) is 12.9. The van der Waals surface area contributed by atoms with Gasteiger partial charge in [0.25, 0.3) is 0 Å². The van der Waals surface area contributed by atoms with Crippen molar-refractivity contribution in [1.82, 2.24) is 29.9 Å². The van der Waals surface area contributed by atoms with Crippen molar-refractivity contribution in [2.75, 3.05) is 0 Å². The second-order valence-electron chi connectivity index (χ2n) is 5.40. The van der Waals surface area contributed by atoms with Gasteiger partial charge in [0.2, 0.25) is 11.6 Å². The summed E-state index contributed by atoms with van der Waals surface area (Å²) < 4.78 is 102. The first-order valence-electron chi connectivity index (χ1n) is 7.16. The van der Waals surface area contributed by atoms with E-state index >= 15 is 0 Å². The molecule has 6 nitrogen and oxygen atoms in total. The fourth-order valence-corrected chi connectivity index (χ4v) is 2.21. The zero-order chi connectivity index (χ0) is 20.0. The Morgan fingerprint density at radius 2 is 1.74 bits per heavy atom. The van der Waals surface area contributed by atoms with Crippen molar-refractivity contribution in [2.45, 2.75) is 31.2 Å². The maximum absolute atomic E-state index is 13.1. The van der Waals surface area contributed by atoms with E-state index in [1.165, 1.54) is 18.3 Å². The number of alkyl halides is 8. The second-order valence-corrected chi connectivity index (χ2v) is 5.40. The number of H-pyrrole nitrogens is 1. The molecule has 27 heavy (non-hydrogen) atoms. The Kier molecular flexibility index (Phi) is 4.31. The van der Waals surface area contributed by atoms with Crippen LogP contribution < -0.4 is 0 Å². The predicted molar refractivity (Wildman–Crippen MR) is 73.5 cm³/mol. The summed E-state index contributed by atoms with van der Waals surface area (Å²) in [5.74, 6) is -6.87. The number of aryl methyl sites for hydroxylation is 1. The molecular formula is C13H8F8N6. The van der Waals surface area contributed by atoms with E-state index in [0.717, 1.165) is 4.68 Å². The molecule has 0 atom stereocenters. The van der Waals surface area contributed by atoms with Crippen LogP contribution in [0, 0.1) is 0 Å². The van der Waals surface area contributed by atoms with Crippen molar-refractivity contribution < 1.29 is 35.1 Å². The molecule has 0 aliphatic rings. The van der Waals surface area contributed by atoms with Gasteiger partial charge >= 0.3 is 18.3 Å². The number of rotatable bonds is 4. The van der Waals surface area contributed by atoms with Gasteiger partial charge in [0.1, 0.15) is 5.69 Å². The predicted octanol–water partition coefficient (Wildman–Crippen LogP) is 3.82. The van der Waals surface area contributed by atoms with Crippen LogP contribution in [-0.4, -0.2) is 42.0 Å². The molecule has 0 spiro atoms. The zero-order valence-corrected chi connectivity index (χ0v) is 12.9. The molecule has 0 radical (unpaired) electrons. The van der Waals surface area contributed by atoms with Crippen molar-refractivity contribution in [2.24, 2.45) is 0 Å². The Labute approximate surface area is 144 Å². The van der Waals surface area contributed by atoms with E-state index in [1.807, 2.05) is 0 Å². The number of fused-ring (bicyclic) bond motifs is 1. The molecule has 0 aliphatic heterocycles. The van der Waals surface area contributed by atoms with E-state index in [2.05, 4.69) is 20.2 Å². The Morgan fingerprint density at radius 1 is 1.04 bits per heavy atom. The summed E-state index contributed by atoms with van der Waals surface area (Å²) >= 11 is 0. The quantitative estimate of drug-likeness (QED) is 0.676. The number of aromatic amines is 1. The van der Waals surface area contributed by atoms with Gasteiger partial charge in [-0.15, -0.1) is 0 Å². The Bertz CT molecular complexity index is 954. The minimum absolute atomic E-state index is 0.0937. The van der Waals surface area contributed by atoms with E-state index in [9.17, 15) is 35.1 Å². The van der Waals surface area contributed by atoms with Gasteiger partial charge in [-0.25, -0.2) is 14.6 Å². The fraction of sp³-hybridized carbons (Fsp3) is 0.385. The van der Waals surface area contributed by atoms with E-state index in [0.29, 0.717) is 0 Å². The van der Waals surface area contributed by atoms with Gasteiger partial charge in [0.05, 0.1) is 5.39 Å². The maximum Gasteiger partial charge on any atom is 0.453 e. The van der Waals surface area contributed by atoms with Gasteiger partial charge in [-0.05, 0) is 12.1 Å². The van der Waals surface area contributed by atoms with Crippen LogP contribution in [0.1, 0.15) is 12.2 Å². The molecule has 3 aromatic heterocycles. The summed E-state index contributed by atoms with van der Waals surface area (Å²) in [6, 6.07) is 2.74. The lowest BCUT2D eigenvalue weighted by Gasteiger charge is -2.19. The third-order valence-electron chi connectivity index (χ3n) is 3.53. The smallest absolute Gasteiger partial charge is 0.255 e. The van der Waals surface area contributed by atoms with Crippen LogP contribution >= 0.6 is 0 Å². The molecule has 14 heteroatoms. The normalized spacial score (nSPS) is 13.5. The van der Waals surface area contributed by atoms with Gasteiger partial charge in [-0.2, -0.15) is 45.3 Å². The van der Waals surface area contributed by atoms with Crippen molar-refractivity contribution >= 4 is 11.0 Å². The molecule has 0 bridgehead atoms. The number of halogens is 8. The van der Waals surface area contributed by atoms with Crippen LogP contribution in [0.2, 0.25) is 0 Å². The number of nitrogens with zero attached hydrogens (tertiary/aromatic N) is 5. The number of nitrogens with one attached hydrogen (secondary N) is 1.